The van der Waals surface area contributed by atoms with Crippen molar-refractivity contribution in [2.45, 2.75) is 39.7 Å². The molecule has 0 aliphatic carbocycles. The molecule has 3 aromatic carbocycles. The van der Waals surface area contributed by atoms with Crippen molar-refractivity contribution in [1.29, 1.82) is 0 Å². The molecule has 6 heteroatoms. The Hall–Kier alpha value is -3.25. The number of aliphatic carboxylic acids is 1. The van der Waals surface area contributed by atoms with Crippen LogP contribution in [-0.2, 0) is 11.2 Å². The van der Waals surface area contributed by atoms with Gasteiger partial charge in [-0.3, -0.25) is 9.59 Å². The molecule has 158 valence electrons. The molecule has 0 saturated carbocycles. The number of carbonyl (C=O) groups is 2. The van der Waals surface area contributed by atoms with Crippen LogP contribution < -0.4 is 5.73 Å². The number of carboxylic acids is 1. The van der Waals surface area contributed by atoms with E-state index in [1.165, 1.54) is 12.1 Å². The van der Waals surface area contributed by atoms with Crippen molar-refractivity contribution >= 4 is 22.6 Å². The van der Waals surface area contributed by atoms with E-state index < -0.39 is 23.3 Å². The lowest BCUT2D eigenvalue weighted by molar-refractivity contribution is -0.136. The highest BCUT2D eigenvalue weighted by molar-refractivity contribution is 6.07. The van der Waals surface area contributed by atoms with E-state index in [-0.39, 0.29) is 12.0 Å². The molecule has 1 amide bonds. The molecular weight excluding hydrogens is 385 g/mol. The van der Waals surface area contributed by atoms with Gasteiger partial charge in [0, 0.05) is 5.56 Å². The summed E-state index contributed by atoms with van der Waals surface area (Å²) < 4.78 is 13.6. The second kappa shape index (κ2) is 9.05. The second-order valence-electron chi connectivity index (χ2n) is 8.06. The molecule has 3 rings (SSSR count). The van der Waals surface area contributed by atoms with Gasteiger partial charge in [-0.2, -0.15) is 0 Å². The molecule has 0 aliphatic rings. The van der Waals surface area contributed by atoms with Crippen molar-refractivity contribution < 1.29 is 24.2 Å². The summed E-state index contributed by atoms with van der Waals surface area (Å²) >= 11 is 0. The molecule has 0 aromatic heterocycles. The molecule has 0 atom stereocenters. The predicted molar refractivity (Wildman–Crippen MR) is 116 cm³/mol. The van der Waals surface area contributed by atoms with Crippen LogP contribution in [0.25, 0.3) is 21.9 Å². The summed E-state index contributed by atoms with van der Waals surface area (Å²) in [4.78, 5) is 23.2. The van der Waals surface area contributed by atoms with Gasteiger partial charge in [0.1, 0.15) is 5.82 Å². The maximum absolute atomic E-state index is 13.6. The Bertz CT molecular complexity index is 1090. The lowest BCUT2D eigenvalue weighted by atomic mass is 9.86. The summed E-state index contributed by atoms with van der Waals surface area (Å²) in [7, 11) is 0. The highest BCUT2D eigenvalue weighted by atomic mass is 19.1. The first-order chi connectivity index (χ1) is 13.9. The molecule has 0 radical (unpaired) electrons. The van der Waals surface area contributed by atoms with Gasteiger partial charge < -0.3 is 15.9 Å². The van der Waals surface area contributed by atoms with Crippen LogP contribution >= 0.6 is 0 Å². The van der Waals surface area contributed by atoms with Gasteiger partial charge in [0.15, 0.2) is 0 Å². The van der Waals surface area contributed by atoms with Crippen LogP contribution in [0.1, 0.15) is 42.3 Å². The van der Waals surface area contributed by atoms with E-state index in [9.17, 15) is 19.1 Å². The zero-order chi connectivity index (χ0) is 22.6. The minimum Gasteiger partial charge on any atom is -0.481 e. The van der Waals surface area contributed by atoms with Crippen molar-refractivity contribution in [2.75, 3.05) is 0 Å². The predicted octanol–water partition coefficient (Wildman–Crippen LogP) is 4.46. The van der Waals surface area contributed by atoms with Crippen LogP contribution in [0.5, 0.6) is 0 Å². The first-order valence-corrected chi connectivity index (χ1v) is 9.43. The largest absolute Gasteiger partial charge is 0.481 e. The Labute approximate surface area is 175 Å². The average molecular weight is 411 g/mol. The number of benzene rings is 3. The minimum atomic E-state index is -0.984. The third kappa shape index (κ3) is 5.87. The molecule has 5 nitrogen and oxygen atoms in total. The lowest BCUT2D eigenvalue weighted by Crippen LogP contribution is -2.14. The van der Waals surface area contributed by atoms with Crippen LogP contribution in [0.3, 0.4) is 0 Å². The van der Waals surface area contributed by atoms with E-state index in [1.54, 1.807) is 20.8 Å². The number of carbonyl (C=O) groups excluding carboxylic acids is 1. The molecule has 0 aliphatic heterocycles. The number of nitrogens with two attached hydrogens (primary N) is 1. The summed E-state index contributed by atoms with van der Waals surface area (Å²) in [5.74, 6) is -2.32. The number of hydrogen-bond donors (Lipinski definition) is 3. The second-order valence-corrected chi connectivity index (χ2v) is 8.06. The van der Waals surface area contributed by atoms with E-state index >= 15 is 0 Å². The fraction of sp³-hybridized carbons (Fsp3) is 0.250. The van der Waals surface area contributed by atoms with E-state index in [2.05, 4.69) is 0 Å². The summed E-state index contributed by atoms with van der Waals surface area (Å²) in [6, 6.07) is 13.2. The molecule has 0 bridgehead atoms. The van der Waals surface area contributed by atoms with Gasteiger partial charge in [0.2, 0.25) is 5.91 Å². The fourth-order valence-corrected chi connectivity index (χ4v) is 3.16. The van der Waals surface area contributed by atoms with Gasteiger partial charge in [0.25, 0.3) is 0 Å². The van der Waals surface area contributed by atoms with E-state index in [4.69, 9.17) is 10.8 Å². The zero-order valence-electron chi connectivity index (χ0n) is 17.5. The number of hydrogen-bond acceptors (Lipinski definition) is 3. The number of fused-ring (bicyclic) bond motifs is 1. The summed E-state index contributed by atoms with van der Waals surface area (Å²) in [6.45, 7) is 7.05. The SMILES string of the molecule is CC(C)(C)O.Cc1cc2ccccc2c(-c2ccc(F)cc2C(N)=O)c1CC(=O)O. The number of amides is 1. The molecule has 0 fully saturated rings. The number of halogens is 1. The van der Waals surface area contributed by atoms with E-state index in [0.717, 1.165) is 22.4 Å². The Kier molecular flexibility index (Phi) is 6.95. The van der Waals surface area contributed by atoms with Crippen LogP contribution in [0.4, 0.5) is 4.39 Å². The standard InChI is InChI=1S/C20H16FNO3.C4H10O/c1-11-8-12-4-2-3-5-14(12)19(16(11)10-18(23)24)15-7-6-13(21)9-17(15)20(22)25;1-4(2,3)5/h2-9H,10H2,1H3,(H2,22,25)(H,23,24);5H,1-3H3. The molecule has 0 heterocycles. The summed E-state index contributed by atoms with van der Waals surface area (Å²) in [5, 5.41) is 19.5. The quantitative estimate of drug-likeness (QED) is 0.590. The number of primary amides is 1. The Morgan fingerprint density at radius 2 is 1.67 bits per heavy atom. The van der Waals surface area contributed by atoms with Crippen molar-refractivity contribution in [3.05, 3.63) is 71.0 Å². The maximum Gasteiger partial charge on any atom is 0.307 e. The van der Waals surface area contributed by atoms with Crippen molar-refractivity contribution in [3.63, 3.8) is 0 Å². The van der Waals surface area contributed by atoms with Gasteiger partial charge >= 0.3 is 5.97 Å². The summed E-state index contributed by atoms with van der Waals surface area (Å²) in [6.07, 6.45) is -0.207. The first-order valence-electron chi connectivity index (χ1n) is 9.43. The van der Waals surface area contributed by atoms with E-state index in [0.29, 0.717) is 16.7 Å². The smallest absolute Gasteiger partial charge is 0.307 e. The van der Waals surface area contributed by atoms with Crippen molar-refractivity contribution in [2.24, 2.45) is 5.73 Å². The highest BCUT2D eigenvalue weighted by Gasteiger charge is 2.20. The number of aliphatic hydroxyl groups is 1. The Balaban J connectivity index is 0.000000575. The third-order valence-corrected chi connectivity index (χ3v) is 4.22. The van der Waals surface area contributed by atoms with Gasteiger partial charge in [-0.05, 0) is 72.9 Å². The number of aryl methyl sites for hydroxylation is 1. The number of rotatable bonds is 4. The molecule has 0 spiro atoms. The third-order valence-electron chi connectivity index (χ3n) is 4.22. The van der Waals surface area contributed by atoms with Gasteiger partial charge in [-0.1, -0.05) is 36.4 Å². The molecular formula is C24H26FNO4. The minimum absolute atomic E-state index is 0.0300. The van der Waals surface area contributed by atoms with Crippen LogP contribution in [0.15, 0.2) is 48.5 Å². The maximum atomic E-state index is 13.6. The van der Waals surface area contributed by atoms with Crippen molar-refractivity contribution in [1.82, 2.24) is 0 Å². The monoisotopic (exact) mass is 411 g/mol. The molecule has 0 saturated heterocycles. The zero-order valence-corrected chi connectivity index (χ0v) is 17.5. The fourth-order valence-electron chi connectivity index (χ4n) is 3.16. The Morgan fingerprint density at radius 3 is 2.23 bits per heavy atom. The Morgan fingerprint density at radius 1 is 1.07 bits per heavy atom. The first kappa shape index (κ1) is 23.0. The van der Waals surface area contributed by atoms with Crippen LogP contribution in [0, 0.1) is 12.7 Å². The summed E-state index contributed by atoms with van der Waals surface area (Å²) in [5.41, 5.74) is 7.37. The van der Waals surface area contributed by atoms with Gasteiger partial charge in [0.05, 0.1) is 12.0 Å². The topological polar surface area (TPSA) is 101 Å². The molecule has 3 aromatic rings. The van der Waals surface area contributed by atoms with Crippen LogP contribution in [0.2, 0.25) is 0 Å². The van der Waals surface area contributed by atoms with Crippen LogP contribution in [-0.4, -0.2) is 27.7 Å². The van der Waals surface area contributed by atoms with E-state index in [1.807, 2.05) is 37.3 Å². The average Bonchev–Trinajstić information content (AvgIpc) is 2.61. The highest BCUT2D eigenvalue weighted by Crippen LogP contribution is 2.37. The molecule has 30 heavy (non-hydrogen) atoms. The normalized spacial score (nSPS) is 11.0. The lowest BCUT2D eigenvalue weighted by Gasteiger charge is -2.17. The number of carboxylic acid groups (broad SMARTS) is 1. The molecule has 0 unspecified atom stereocenters. The van der Waals surface area contributed by atoms with Gasteiger partial charge in [-0.25, -0.2) is 4.39 Å². The van der Waals surface area contributed by atoms with Gasteiger partial charge in [-0.15, -0.1) is 0 Å². The van der Waals surface area contributed by atoms with Crippen molar-refractivity contribution in [3.8, 4) is 11.1 Å². The molecule has 4 N–H and O–H groups in total.